The zero-order valence-electron chi connectivity index (χ0n) is 6.62. The van der Waals surface area contributed by atoms with Gasteiger partial charge in [-0.1, -0.05) is 6.58 Å². The highest BCUT2D eigenvalue weighted by Gasteiger charge is 2.40. The highest BCUT2D eigenvalue weighted by molar-refractivity contribution is 5.88. The molecule has 0 atom stereocenters. The highest BCUT2D eigenvalue weighted by atomic mass is 16.2. The number of carbonyl (C=O) groups is 1. The summed E-state index contributed by atoms with van der Waals surface area (Å²) in [4.78, 5) is 13.3. The summed E-state index contributed by atoms with van der Waals surface area (Å²) in [6.45, 7) is 3.51. The second-order valence-electron chi connectivity index (χ2n) is 3.41. The summed E-state index contributed by atoms with van der Waals surface area (Å²) in [5, 5.41) is 0. The van der Waals surface area contributed by atoms with Crippen molar-refractivity contribution in [2.45, 2.75) is 37.8 Å². The predicted molar refractivity (Wildman–Crippen MR) is 43.1 cm³/mol. The largest absolute Gasteiger partial charge is 0.333 e. The van der Waals surface area contributed by atoms with Gasteiger partial charge < -0.3 is 4.90 Å². The van der Waals surface area contributed by atoms with Crippen LogP contribution in [0.3, 0.4) is 0 Å². The topological polar surface area (TPSA) is 20.3 Å². The fourth-order valence-electron chi connectivity index (χ4n) is 2.38. The van der Waals surface area contributed by atoms with Gasteiger partial charge in [-0.3, -0.25) is 4.79 Å². The number of hydrogen-bond acceptors (Lipinski definition) is 1. The van der Waals surface area contributed by atoms with Gasteiger partial charge in [0.25, 0.3) is 0 Å². The molecule has 11 heavy (non-hydrogen) atoms. The molecule has 0 aliphatic carbocycles. The quantitative estimate of drug-likeness (QED) is 0.518. The van der Waals surface area contributed by atoms with Crippen LogP contribution in [0.5, 0.6) is 0 Å². The Bertz CT molecular complexity index is 180. The lowest BCUT2D eigenvalue weighted by molar-refractivity contribution is -0.127. The molecule has 2 heteroatoms. The van der Waals surface area contributed by atoms with Crippen LogP contribution in [0.2, 0.25) is 0 Å². The van der Waals surface area contributed by atoms with Gasteiger partial charge in [-0.2, -0.15) is 0 Å². The van der Waals surface area contributed by atoms with Crippen molar-refractivity contribution in [3.8, 4) is 0 Å². The van der Waals surface area contributed by atoms with E-state index in [0.717, 1.165) is 0 Å². The number of rotatable bonds is 1. The predicted octanol–water partition coefficient (Wildman–Crippen LogP) is 1.33. The molecule has 2 heterocycles. The van der Waals surface area contributed by atoms with Gasteiger partial charge >= 0.3 is 0 Å². The standard InChI is InChI=1S/C9H13NO/c1-2-9(11)10-7-3-4-8(10)6-5-7/h2,7-8H,1,3-6H2. The lowest BCUT2D eigenvalue weighted by Crippen LogP contribution is -2.33. The van der Waals surface area contributed by atoms with Gasteiger partial charge in [-0.05, 0) is 31.8 Å². The van der Waals surface area contributed by atoms with Crippen LogP contribution < -0.4 is 0 Å². The molecule has 2 nitrogen and oxygen atoms in total. The Balaban J connectivity index is 2.15. The number of amides is 1. The number of hydrogen-bond donors (Lipinski definition) is 0. The maximum absolute atomic E-state index is 11.3. The van der Waals surface area contributed by atoms with Crippen LogP contribution in [-0.2, 0) is 4.79 Å². The monoisotopic (exact) mass is 151 g/mol. The van der Waals surface area contributed by atoms with Crippen molar-refractivity contribution < 1.29 is 4.79 Å². The molecule has 0 spiro atoms. The van der Waals surface area contributed by atoms with Crippen molar-refractivity contribution in [1.29, 1.82) is 0 Å². The fourth-order valence-corrected chi connectivity index (χ4v) is 2.38. The van der Waals surface area contributed by atoms with Crippen LogP contribution in [0.4, 0.5) is 0 Å². The third-order valence-corrected chi connectivity index (χ3v) is 2.88. The average molecular weight is 151 g/mol. The maximum Gasteiger partial charge on any atom is 0.246 e. The molecular formula is C9H13NO. The summed E-state index contributed by atoms with van der Waals surface area (Å²) in [5.74, 6) is 0.134. The summed E-state index contributed by atoms with van der Waals surface area (Å²) < 4.78 is 0. The van der Waals surface area contributed by atoms with E-state index in [9.17, 15) is 4.79 Å². The van der Waals surface area contributed by atoms with Gasteiger partial charge in [-0.25, -0.2) is 0 Å². The molecule has 1 amide bonds. The van der Waals surface area contributed by atoms with Crippen molar-refractivity contribution >= 4 is 5.91 Å². The Morgan fingerprint density at radius 2 is 1.73 bits per heavy atom. The van der Waals surface area contributed by atoms with Crippen LogP contribution >= 0.6 is 0 Å². The minimum atomic E-state index is 0.134. The third kappa shape index (κ3) is 0.889. The highest BCUT2D eigenvalue weighted by Crippen LogP contribution is 2.37. The summed E-state index contributed by atoms with van der Waals surface area (Å²) in [6, 6.07) is 1.09. The molecule has 2 bridgehead atoms. The van der Waals surface area contributed by atoms with Crippen LogP contribution in [0.25, 0.3) is 0 Å². The van der Waals surface area contributed by atoms with E-state index in [1.54, 1.807) is 0 Å². The third-order valence-electron chi connectivity index (χ3n) is 2.88. The summed E-state index contributed by atoms with van der Waals surface area (Å²) >= 11 is 0. The summed E-state index contributed by atoms with van der Waals surface area (Å²) in [7, 11) is 0. The normalized spacial score (nSPS) is 34.4. The Morgan fingerprint density at radius 1 is 1.27 bits per heavy atom. The lowest BCUT2D eigenvalue weighted by Gasteiger charge is -2.19. The number of nitrogens with zero attached hydrogens (tertiary/aromatic N) is 1. The first-order valence-corrected chi connectivity index (χ1v) is 4.27. The van der Waals surface area contributed by atoms with E-state index in [1.807, 2.05) is 4.90 Å². The summed E-state index contributed by atoms with van der Waals surface area (Å²) in [5.41, 5.74) is 0. The molecule has 2 fully saturated rings. The lowest BCUT2D eigenvalue weighted by atomic mass is 10.0. The zero-order valence-corrected chi connectivity index (χ0v) is 6.62. The van der Waals surface area contributed by atoms with Gasteiger partial charge in [0.1, 0.15) is 0 Å². The van der Waals surface area contributed by atoms with Crippen molar-refractivity contribution in [2.24, 2.45) is 0 Å². The second-order valence-corrected chi connectivity index (χ2v) is 3.41. The van der Waals surface area contributed by atoms with Crippen molar-refractivity contribution in [3.05, 3.63) is 12.7 Å². The van der Waals surface area contributed by atoms with E-state index in [0.29, 0.717) is 12.1 Å². The molecule has 2 aliphatic heterocycles. The van der Waals surface area contributed by atoms with E-state index in [2.05, 4.69) is 6.58 Å². The minimum absolute atomic E-state index is 0.134. The summed E-state index contributed by atoms with van der Waals surface area (Å²) in [6.07, 6.45) is 6.29. The molecular weight excluding hydrogens is 138 g/mol. The molecule has 2 aliphatic rings. The molecule has 0 N–H and O–H groups in total. The Kier molecular flexibility index (Phi) is 1.48. The molecule has 2 saturated heterocycles. The van der Waals surface area contributed by atoms with Crippen LogP contribution in [0.15, 0.2) is 12.7 Å². The Labute approximate surface area is 66.9 Å². The SMILES string of the molecule is C=CC(=O)N1C2CCC1CC2. The fraction of sp³-hybridized carbons (Fsp3) is 0.667. The van der Waals surface area contributed by atoms with Gasteiger partial charge in [0, 0.05) is 12.1 Å². The van der Waals surface area contributed by atoms with Crippen molar-refractivity contribution in [2.75, 3.05) is 0 Å². The van der Waals surface area contributed by atoms with Gasteiger partial charge in [0.05, 0.1) is 0 Å². The first-order chi connectivity index (χ1) is 5.33. The van der Waals surface area contributed by atoms with E-state index in [-0.39, 0.29) is 5.91 Å². The Hall–Kier alpha value is -0.790. The second kappa shape index (κ2) is 2.36. The number of fused-ring (bicyclic) bond motifs is 2. The van der Waals surface area contributed by atoms with Gasteiger partial charge in [0.2, 0.25) is 5.91 Å². The van der Waals surface area contributed by atoms with Gasteiger partial charge in [0.15, 0.2) is 0 Å². The van der Waals surface area contributed by atoms with Gasteiger partial charge in [-0.15, -0.1) is 0 Å². The molecule has 0 aromatic heterocycles. The van der Waals surface area contributed by atoms with E-state index >= 15 is 0 Å². The average Bonchev–Trinajstić information content (AvgIpc) is 2.61. The molecule has 0 aromatic rings. The van der Waals surface area contributed by atoms with E-state index in [4.69, 9.17) is 0 Å². The van der Waals surface area contributed by atoms with E-state index in [1.165, 1.54) is 31.8 Å². The Morgan fingerprint density at radius 3 is 2.09 bits per heavy atom. The molecule has 2 rings (SSSR count). The molecule has 0 radical (unpaired) electrons. The van der Waals surface area contributed by atoms with Crippen molar-refractivity contribution in [1.82, 2.24) is 4.90 Å². The molecule has 0 saturated carbocycles. The first kappa shape index (κ1) is 6.89. The molecule has 0 unspecified atom stereocenters. The zero-order chi connectivity index (χ0) is 7.84. The number of carbonyl (C=O) groups excluding carboxylic acids is 1. The van der Waals surface area contributed by atoms with Crippen LogP contribution in [0, 0.1) is 0 Å². The minimum Gasteiger partial charge on any atom is -0.333 e. The smallest absolute Gasteiger partial charge is 0.246 e. The van der Waals surface area contributed by atoms with Crippen LogP contribution in [0.1, 0.15) is 25.7 Å². The maximum atomic E-state index is 11.3. The van der Waals surface area contributed by atoms with Crippen molar-refractivity contribution in [3.63, 3.8) is 0 Å². The first-order valence-electron chi connectivity index (χ1n) is 4.27. The molecule has 0 aromatic carbocycles. The van der Waals surface area contributed by atoms with E-state index < -0.39 is 0 Å². The molecule has 60 valence electrons. The van der Waals surface area contributed by atoms with Crippen LogP contribution in [-0.4, -0.2) is 22.9 Å².